The van der Waals surface area contributed by atoms with Crippen LogP contribution in [0.15, 0.2) is 54.6 Å². The van der Waals surface area contributed by atoms with Gasteiger partial charge in [0.25, 0.3) is 5.91 Å². The van der Waals surface area contributed by atoms with Crippen molar-refractivity contribution in [1.82, 2.24) is 10.2 Å². The fraction of sp³-hybridized carbons (Fsp3) is 0.200. The molecule has 0 radical (unpaired) electrons. The van der Waals surface area contributed by atoms with Crippen LogP contribution in [0.1, 0.15) is 27.2 Å². The summed E-state index contributed by atoms with van der Waals surface area (Å²) in [4.78, 5) is 12.2. The van der Waals surface area contributed by atoms with Crippen LogP contribution in [0.4, 0.5) is 5.82 Å². The smallest absolute Gasteiger partial charge is 0.256 e. The normalized spacial score (nSPS) is 10.5. The van der Waals surface area contributed by atoms with Gasteiger partial charge in [-0.2, -0.15) is 5.10 Å². The number of benzene rings is 2. The first-order chi connectivity index (χ1) is 12.7. The second-order valence-electron chi connectivity index (χ2n) is 5.93. The second kappa shape index (κ2) is 8.31. The number of aliphatic hydroxyl groups excluding tert-OH is 1. The molecule has 3 rings (SSSR count). The number of aromatic nitrogens is 2. The Balaban J connectivity index is 1.57. The Bertz CT molecular complexity index is 872. The van der Waals surface area contributed by atoms with Crippen LogP contribution in [-0.4, -0.2) is 28.3 Å². The van der Waals surface area contributed by atoms with E-state index in [0.29, 0.717) is 11.4 Å². The number of anilines is 1. The van der Waals surface area contributed by atoms with Gasteiger partial charge < -0.3 is 15.2 Å². The number of amides is 1. The average molecular weight is 351 g/mol. The maximum atomic E-state index is 12.2. The molecule has 134 valence electrons. The Kier molecular flexibility index (Phi) is 5.66. The molecule has 2 aromatic carbocycles. The highest BCUT2D eigenvalue weighted by molar-refractivity contribution is 6.03. The van der Waals surface area contributed by atoms with Crippen LogP contribution in [-0.2, 0) is 19.4 Å². The van der Waals surface area contributed by atoms with E-state index < -0.39 is 0 Å². The molecule has 26 heavy (non-hydrogen) atoms. The molecule has 0 aliphatic carbocycles. The fourth-order valence-electron chi connectivity index (χ4n) is 2.61. The van der Waals surface area contributed by atoms with E-state index in [-0.39, 0.29) is 12.5 Å². The van der Waals surface area contributed by atoms with E-state index in [4.69, 9.17) is 9.84 Å². The molecule has 0 saturated carbocycles. The monoisotopic (exact) mass is 351 g/mol. The number of aromatic amines is 1. The first kappa shape index (κ1) is 17.7. The van der Waals surface area contributed by atoms with Crippen LogP contribution in [0.25, 0.3) is 0 Å². The van der Waals surface area contributed by atoms with E-state index in [1.165, 1.54) is 5.56 Å². The molecule has 6 nitrogen and oxygen atoms in total. The highest BCUT2D eigenvalue weighted by atomic mass is 16.5. The lowest BCUT2D eigenvalue weighted by Crippen LogP contribution is -2.12. The summed E-state index contributed by atoms with van der Waals surface area (Å²) in [6.07, 6.45) is 1.59. The molecular weight excluding hydrogens is 330 g/mol. The molecule has 1 heterocycles. The van der Waals surface area contributed by atoms with Crippen LogP contribution < -0.4 is 10.1 Å². The summed E-state index contributed by atoms with van der Waals surface area (Å²) < 4.78 is 5.23. The number of aryl methyl sites for hydroxylation is 2. The zero-order chi connectivity index (χ0) is 18.4. The number of methoxy groups -OCH3 is 1. The summed E-state index contributed by atoms with van der Waals surface area (Å²) in [5, 5.41) is 18.9. The molecule has 0 bridgehead atoms. The van der Waals surface area contributed by atoms with Crippen molar-refractivity contribution >= 4 is 11.7 Å². The average Bonchev–Trinajstić information content (AvgIpc) is 3.14. The van der Waals surface area contributed by atoms with Crippen LogP contribution >= 0.6 is 0 Å². The minimum absolute atomic E-state index is 0.0426. The Morgan fingerprint density at radius 1 is 1.12 bits per heavy atom. The number of rotatable bonds is 7. The first-order valence-electron chi connectivity index (χ1n) is 8.36. The van der Waals surface area contributed by atoms with Crippen molar-refractivity contribution in [1.29, 1.82) is 0 Å². The molecule has 0 fully saturated rings. The number of nitrogens with one attached hydrogen (secondary N) is 2. The van der Waals surface area contributed by atoms with Crippen LogP contribution in [0.2, 0.25) is 0 Å². The summed E-state index contributed by atoms with van der Waals surface area (Å²) in [6, 6.07) is 16.6. The zero-order valence-corrected chi connectivity index (χ0v) is 14.5. The Hall–Kier alpha value is -3.12. The number of H-pyrrole nitrogens is 1. The Labute approximate surface area is 151 Å². The van der Waals surface area contributed by atoms with Crippen molar-refractivity contribution in [3.8, 4) is 5.75 Å². The maximum absolute atomic E-state index is 12.2. The number of nitrogens with zero attached hydrogens (tertiary/aromatic N) is 1. The van der Waals surface area contributed by atoms with Gasteiger partial charge in [-0.3, -0.25) is 9.89 Å². The SMILES string of the molecule is COc1cccc(CCc2cc(NC(=O)c3ccc(CO)cc3)[nH]n2)c1. The summed E-state index contributed by atoms with van der Waals surface area (Å²) in [6.45, 7) is -0.0426. The third kappa shape index (κ3) is 4.49. The molecule has 0 unspecified atom stereocenters. The summed E-state index contributed by atoms with van der Waals surface area (Å²) in [7, 11) is 1.65. The minimum atomic E-state index is -0.225. The summed E-state index contributed by atoms with van der Waals surface area (Å²) in [5.74, 6) is 1.17. The van der Waals surface area contributed by atoms with Gasteiger partial charge in [0.1, 0.15) is 11.6 Å². The largest absolute Gasteiger partial charge is 0.497 e. The molecule has 0 aliphatic heterocycles. The number of ether oxygens (including phenoxy) is 1. The van der Waals surface area contributed by atoms with Crippen molar-refractivity contribution in [2.75, 3.05) is 12.4 Å². The van der Waals surface area contributed by atoms with Crippen molar-refractivity contribution < 1.29 is 14.6 Å². The number of aliphatic hydroxyl groups is 1. The van der Waals surface area contributed by atoms with Gasteiger partial charge in [0.15, 0.2) is 0 Å². The number of hydrogen-bond donors (Lipinski definition) is 3. The zero-order valence-electron chi connectivity index (χ0n) is 14.5. The maximum Gasteiger partial charge on any atom is 0.256 e. The van der Waals surface area contributed by atoms with Crippen molar-refractivity contribution in [2.24, 2.45) is 0 Å². The number of hydrogen-bond acceptors (Lipinski definition) is 4. The molecule has 1 aromatic heterocycles. The topological polar surface area (TPSA) is 87.2 Å². The predicted octanol–water partition coefficient (Wildman–Crippen LogP) is 2.95. The number of carbonyl (C=O) groups excluding carboxylic acids is 1. The van der Waals surface area contributed by atoms with Crippen LogP contribution in [0, 0.1) is 0 Å². The van der Waals surface area contributed by atoms with Gasteiger partial charge in [-0.05, 0) is 48.2 Å². The Morgan fingerprint density at radius 2 is 1.92 bits per heavy atom. The molecule has 0 atom stereocenters. The fourth-order valence-corrected chi connectivity index (χ4v) is 2.61. The third-order valence-electron chi connectivity index (χ3n) is 4.08. The second-order valence-corrected chi connectivity index (χ2v) is 5.93. The predicted molar refractivity (Wildman–Crippen MR) is 99.3 cm³/mol. The summed E-state index contributed by atoms with van der Waals surface area (Å²) >= 11 is 0. The molecule has 0 spiro atoms. The van der Waals surface area contributed by atoms with Gasteiger partial charge in [0.05, 0.1) is 19.4 Å². The van der Waals surface area contributed by atoms with Gasteiger partial charge in [-0.15, -0.1) is 0 Å². The lowest BCUT2D eigenvalue weighted by atomic mass is 10.1. The van der Waals surface area contributed by atoms with Crippen LogP contribution in [0.5, 0.6) is 5.75 Å². The highest BCUT2D eigenvalue weighted by Crippen LogP contribution is 2.15. The highest BCUT2D eigenvalue weighted by Gasteiger charge is 2.09. The van der Waals surface area contributed by atoms with E-state index in [0.717, 1.165) is 29.8 Å². The molecule has 6 heteroatoms. The van der Waals surface area contributed by atoms with Crippen molar-refractivity contribution in [3.63, 3.8) is 0 Å². The van der Waals surface area contributed by atoms with E-state index in [2.05, 4.69) is 15.5 Å². The lowest BCUT2D eigenvalue weighted by Gasteiger charge is -2.03. The van der Waals surface area contributed by atoms with Gasteiger partial charge in [0, 0.05) is 11.6 Å². The minimum Gasteiger partial charge on any atom is -0.497 e. The van der Waals surface area contributed by atoms with Gasteiger partial charge in [-0.1, -0.05) is 24.3 Å². The van der Waals surface area contributed by atoms with Crippen molar-refractivity contribution in [2.45, 2.75) is 19.4 Å². The molecule has 1 amide bonds. The lowest BCUT2D eigenvalue weighted by molar-refractivity contribution is 0.102. The first-order valence-corrected chi connectivity index (χ1v) is 8.36. The van der Waals surface area contributed by atoms with Gasteiger partial charge in [-0.25, -0.2) is 0 Å². The van der Waals surface area contributed by atoms with E-state index >= 15 is 0 Å². The van der Waals surface area contributed by atoms with E-state index in [9.17, 15) is 4.79 Å². The molecule has 3 N–H and O–H groups in total. The standard InChI is InChI=1S/C20H21N3O3/c1-26-18-4-2-3-14(11-18)7-10-17-12-19(23-22-17)21-20(25)16-8-5-15(13-24)6-9-16/h2-6,8-9,11-12,24H,7,10,13H2,1H3,(H2,21,22,23,25). The summed E-state index contributed by atoms with van der Waals surface area (Å²) in [5.41, 5.74) is 3.33. The van der Waals surface area contributed by atoms with E-state index in [1.807, 2.05) is 30.3 Å². The third-order valence-corrected chi connectivity index (χ3v) is 4.08. The molecule has 3 aromatic rings. The molecule has 0 saturated heterocycles. The van der Waals surface area contributed by atoms with Crippen molar-refractivity contribution in [3.05, 3.63) is 77.0 Å². The number of carbonyl (C=O) groups is 1. The van der Waals surface area contributed by atoms with Crippen LogP contribution in [0.3, 0.4) is 0 Å². The quantitative estimate of drug-likeness (QED) is 0.611. The van der Waals surface area contributed by atoms with Gasteiger partial charge >= 0.3 is 0 Å². The van der Waals surface area contributed by atoms with Gasteiger partial charge in [0.2, 0.25) is 0 Å². The molecular formula is C20H21N3O3. The Morgan fingerprint density at radius 3 is 2.65 bits per heavy atom. The molecule has 0 aliphatic rings. The van der Waals surface area contributed by atoms with E-state index in [1.54, 1.807) is 31.4 Å².